The Labute approximate surface area is 92.0 Å². The minimum Gasteiger partial charge on any atom is -0.381 e. The molecule has 0 atom stereocenters. The molecule has 4 heteroatoms. The predicted octanol–water partition coefficient (Wildman–Crippen LogP) is 2.94. The SMILES string of the molecule is Nc1cc(-c2ccc(C3CC3)c(F)c2)on1. The van der Waals surface area contributed by atoms with Crippen LogP contribution in [0.15, 0.2) is 28.8 Å². The highest BCUT2D eigenvalue weighted by atomic mass is 19.1. The first-order valence-corrected chi connectivity index (χ1v) is 5.26. The summed E-state index contributed by atoms with van der Waals surface area (Å²) in [6.07, 6.45) is 2.18. The third-order valence-corrected chi connectivity index (χ3v) is 2.83. The van der Waals surface area contributed by atoms with Crippen LogP contribution >= 0.6 is 0 Å². The Bertz CT molecular complexity index is 532. The number of nitrogens with zero attached hydrogens (tertiary/aromatic N) is 1. The fourth-order valence-electron chi connectivity index (χ4n) is 1.83. The first-order valence-electron chi connectivity index (χ1n) is 5.26. The van der Waals surface area contributed by atoms with Crippen molar-refractivity contribution in [1.29, 1.82) is 0 Å². The minimum atomic E-state index is -0.171. The standard InChI is InChI=1S/C12H11FN2O/c13-10-5-8(11-6-12(14)15-16-11)3-4-9(10)7-1-2-7/h3-7H,1-2H2,(H2,14,15). The molecule has 0 unspecified atom stereocenters. The number of halogens is 1. The Morgan fingerprint density at radius 1 is 1.31 bits per heavy atom. The van der Waals surface area contributed by atoms with E-state index in [1.165, 1.54) is 6.07 Å². The van der Waals surface area contributed by atoms with E-state index < -0.39 is 0 Å². The maximum absolute atomic E-state index is 13.7. The molecule has 16 heavy (non-hydrogen) atoms. The summed E-state index contributed by atoms with van der Waals surface area (Å²) in [7, 11) is 0. The van der Waals surface area contributed by atoms with Crippen LogP contribution in [0.5, 0.6) is 0 Å². The molecular formula is C12H11FN2O. The minimum absolute atomic E-state index is 0.171. The quantitative estimate of drug-likeness (QED) is 0.843. The molecule has 0 radical (unpaired) electrons. The van der Waals surface area contributed by atoms with E-state index in [1.54, 1.807) is 6.07 Å². The number of nitrogen functional groups attached to an aromatic ring is 1. The Morgan fingerprint density at radius 3 is 2.69 bits per heavy atom. The third kappa shape index (κ3) is 1.56. The van der Waals surface area contributed by atoms with Gasteiger partial charge in [0.1, 0.15) is 5.82 Å². The Morgan fingerprint density at radius 2 is 2.12 bits per heavy atom. The van der Waals surface area contributed by atoms with Crippen molar-refractivity contribution in [1.82, 2.24) is 5.16 Å². The maximum atomic E-state index is 13.7. The van der Waals surface area contributed by atoms with E-state index in [0.29, 0.717) is 23.1 Å². The second-order valence-electron chi connectivity index (χ2n) is 4.13. The van der Waals surface area contributed by atoms with Crippen LogP contribution in [0.1, 0.15) is 24.3 Å². The summed E-state index contributed by atoms with van der Waals surface area (Å²) in [6, 6.07) is 6.73. The Hall–Kier alpha value is -1.84. The van der Waals surface area contributed by atoms with Crippen LogP contribution in [0.2, 0.25) is 0 Å². The first-order chi connectivity index (χ1) is 7.74. The summed E-state index contributed by atoms with van der Waals surface area (Å²) in [6.45, 7) is 0. The fraction of sp³-hybridized carbons (Fsp3) is 0.250. The predicted molar refractivity (Wildman–Crippen MR) is 58.3 cm³/mol. The van der Waals surface area contributed by atoms with Crippen LogP contribution in [-0.2, 0) is 0 Å². The number of nitrogens with two attached hydrogens (primary N) is 1. The monoisotopic (exact) mass is 218 g/mol. The third-order valence-electron chi connectivity index (χ3n) is 2.83. The van der Waals surface area contributed by atoms with E-state index in [0.717, 1.165) is 18.4 Å². The molecule has 82 valence electrons. The molecule has 0 amide bonds. The van der Waals surface area contributed by atoms with Crippen molar-refractivity contribution >= 4 is 5.82 Å². The molecule has 1 aromatic carbocycles. The second-order valence-corrected chi connectivity index (χ2v) is 4.13. The molecule has 2 aromatic rings. The topological polar surface area (TPSA) is 52.0 Å². The van der Waals surface area contributed by atoms with Gasteiger partial charge >= 0.3 is 0 Å². The molecule has 1 fully saturated rings. The summed E-state index contributed by atoms with van der Waals surface area (Å²) in [5, 5.41) is 3.57. The van der Waals surface area contributed by atoms with Gasteiger partial charge in [-0.3, -0.25) is 0 Å². The molecule has 0 aliphatic heterocycles. The molecule has 2 N–H and O–H groups in total. The lowest BCUT2D eigenvalue weighted by Crippen LogP contribution is -1.87. The van der Waals surface area contributed by atoms with E-state index in [4.69, 9.17) is 10.3 Å². The van der Waals surface area contributed by atoms with Crippen molar-refractivity contribution < 1.29 is 8.91 Å². The molecule has 1 aliphatic rings. The lowest BCUT2D eigenvalue weighted by Gasteiger charge is -2.02. The number of benzene rings is 1. The van der Waals surface area contributed by atoms with Crippen LogP contribution in [0, 0.1) is 5.82 Å². The van der Waals surface area contributed by atoms with Crippen LogP contribution in [0.3, 0.4) is 0 Å². The molecule has 1 saturated carbocycles. The van der Waals surface area contributed by atoms with Crippen LogP contribution in [-0.4, -0.2) is 5.16 Å². The number of aromatic nitrogens is 1. The van der Waals surface area contributed by atoms with E-state index in [1.807, 2.05) is 12.1 Å². The van der Waals surface area contributed by atoms with E-state index in [-0.39, 0.29) is 5.82 Å². The van der Waals surface area contributed by atoms with Gasteiger partial charge in [0, 0.05) is 11.6 Å². The summed E-state index contributed by atoms with van der Waals surface area (Å²) in [5.74, 6) is 1.05. The maximum Gasteiger partial charge on any atom is 0.169 e. The Kier molecular flexibility index (Phi) is 1.96. The molecular weight excluding hydrogens is 207 g/mol. The number of anilines is 1. The molecule has 1 aliphatic carbocycles. The molecule has 0 saturated heterocycles. The summed E-state index contributed by atoms with van der Waals surface area (Å²) in [4.78, 5) is 0. The summed E-state index contributed by atoms with van der Waals surface area (Å²) >= 11 is 0. The molecule has 0 bridgehead atoms. The number of hydrogen-bond acceptors (Lipinski definition) is 3. The Balaban J connectivity index is 1.99. The highest BCUT2D eigenvalue weighted by Crippen LogP contribution is 2.41. The van der Waals surface area contributed by atoms with Crippen molar-refractivity contribution in [2.45, 2.75) is 18.8 Å². The zero-order chi connectivity index (χ0) is 11.1. The van der Waals surface area contributed by atoms with E-state index in [9.17, 15) is 4.39 Å². The fourth-order valence-corrected chi connectivity index (χ4v) is 1.83. The van der Waals surface area contributed by atoms with E-state index in [2.05, 4.69) is 5.16 Å². The summed E-state index contributed by atoms with van der Waals surface area (Å²) in [5.41, 5.74) is 6.92. The first kappa shape index (κ1) is 9.39. The smallest absolute Gasteiger partial charge is 0.169 e. The molecule has 1 heterocycles. The van der Waals surface area contributed by atoms with Crippen molar-refractivity contribution in [2.75, 3.05) is 5.73 Å². The van der Waals surface area contributed by atoms with Crippen molar-refractivity contribution in [3.63, 3.8) is 0 Å². The van der Waals surface area contributed by atoms with Gasteiger partial charge in [0.2, 0.25) is 0 Å². The average molecular weight is 218 g/mol. The van der Waals surface area contributed by atoms with Gasteiger partial charge in [-0.25, -0.2) is 4.39 Å². The van der Waals surface area contributed by atoms with Gasteiger partial charge in [-0.15, -0.1) is 0 Å². The van der Waals surface area contributed by atoms with Gasteiger partial charge in [-0.2, -0.15) is 0 Å². The number of hydrogen-bond donors (Lipinski definition) is 1. The van der Waals surface area contributed by atoms with Gasteiger partial charge in [0.25, 0.3) is 0 Å². The van der Waals surface area contributed by atoms with Gasteiger partial charge in [-0.1, -0.05) is 17.3 Å². The molecule has 3 nitrogen and oxygen atoms in total. The lowest BCUT2D eigenvalue weighted by molar-refractivity contribution is 0.435. The largest absolute Gasteiger partial charge is 0.381 e. The summed E-state index contributed by atoms with van der Waals surface area (Å²) < 4.78 is 18.7. The second kappa shape index (κ2) is 3.33. The average Bonchev–Trinajstić information content (AvgIpc) is 3.01. The number of rotatable bonds is 2. The van der Waals surface area contributed by atoms with E-state index >= 15 is 0 Å². The lowest BCUT2D eigenvalue weighted by atomic mass is 10.1. The van der Waals surface area contributed by atoms with Crippen LogP contribution < -0.4 is 5.73 Å². The highest BCUT2D eigenvalue weighted by molar-refractivity contribution is 5.60. The molecule has 3 rings (SSSR count). The van der Waals surface area contributed by atoms with Crippen molar-refractivity contribution in [2.24, 2.45) is 0 Å². The highest BCUT2D eigenvalue weighted by Gasteiger charge is 2.26. The zero-order valence-electron chi connectivity index (χ0n) is 8.61. The zero-order valence-corrected chi connectivity index (χ0v) is 8.61. The van der Waals surface area contributed by atoms with Crippen molar-refractivity contribution in [3.8, 4) is 11.3 Å². The van der Waals surface area contributed by atoms with Crippen molar-refractivity contribution in [3.05, 3.63) is 35.6 Å². The van der Waals surface area contributed by atoms with Gasteiger partial charge < -0.3 is 10.3 Å². The molecule has 1 aromatic heterocycles. The normalized spacial score (nSPS) is 15.3. The van der Waals surface area contributed by atoms with Gasteiger partial charge in [0.05, 0.1) is 0 Å². The van der Waals surface area contributed by atoms with Crippen LogP contribution in [0.4, 0.5) is 10.2 Å². The van der Waals surface area contributed by atoms with Gasteiger partial charge in [0.15, 0.2) is 11.6 Å². The molecule has 0 spiro atoms. The van der Waals surface area contributed by atoms with Crippen LogP contribution in [0.25, 0.3) is 11.3 Å². The van der Waals surface area contributed by atoms with Gasteiger partial charge in [-0.05, 0) is 30.4 Å².